The minimum Gasteiger partial charge on any atom is -0.472 e. The molecule has 1 saturated heterocycles. The van der Waals surface area contributed by atoms with E-state index in [9.17, 15) is 14.3 Å². The lowest BCUT2D eigenvalue weighted by molar-refractivity contribution is 0.0666. The fraction of sp³-hybridized carbons (Fsp3) is 0.353. The molecular weight excluding hydrogens is 313 g/mol. The van der Waals surface area contributed by atoms with Gasteiger partial charge >= 0.3 is 0 Å². The van der Waals surface area contributed by atoms with Gasteiger partial charge in [-0.15, -0.1) is 0 Å². The molecule has 2 heterocycles. The van der Waals surface area contributed by atoms with Crippen molar-refractivity contribution in [3.8, 4) is 5.88 Å². The topological polar surface area (TPSA) is 75.5 Å². The van der Waals surface area contributed by atoms with Crippen LogP contribution >= 0.6 is 0 Å². The zero-order valence-corrected chi connectivity index (χ0v) is 13.0. The highest BCUT2D eigenvalue weighted by Crippen LogP contribution is 2.22. The van der Waals surface area contributed by atoms with Gasteiger partial charge in [0.25, 0.3) is 5.91 Å². The standard InChI is InChI=1S/C17H18FN3O3/c18-13-6-14(10-22)21(9-13)17(23)15-7-20-16(8-19-15)24-11-12-4-2-1-3-5-12/h1-5,7-8,13-14,22H,6,9-11H2/t13-,14-/m0/s1. The molecule has 1 aromatic heterocycles. The molecule has 2 aromatic rings. The monoisotopic (exact) mass is 331 g/mol. The van der Waals surface area contributed by atoms with Gasteiger partial charge in [0.05, 0.1) is 31.6 Å². The van der Waals surface area contributed by atoms with Crippen molar-refractivity contribution in [2.75, 3.05) is 13.2 Å². The molecule has 0 aliphatic carbocycles. The van der Waals surface area contributed by atoms with E-state index in [0.29, 0.717) is 12.5 Å². The Morgan fingerprint density at radius 3 is 2.75 bits per heavy atom. The van der Waals surface area contributed by atoms with Crippen LogP contribution in [0.2, 0.25) is 0 Å². The van der Waals surface area contributed by atoms with Crippen LogP contribution < -0.4 is 4.74 Å². The van der Waals surface area contributed by atoms with E-state index in [0.717, 1.165) is 5.56 Å². The summed E-state index contributed by atoms with van der Waals surface area (Å²) in [5.74, 6) is -0.129. The van der Waals surface area contributed by atoms with Gasteiger partial charge in [0.1, 0.15) is 18.5 Å². The second kappa shape index (κ2) is 7.35. The lowest BCUT2D eigenvalue weighted by Crippen LogP contribution is -2.38. The van der Waals surface area contributed by atoms with E-state index >= 15 is 0 Å². The zero-order valence-electron chi connectivity index (χ0n) is 13.0. The summed E-state index contributed by atoms with van der Waals surface area (Å²) in [6, 6.07) is 9.10. The van der Waals surface area contributed by atoms with E-state index in [1.54, 1.807) is 0 Å². The minimum atomic E-state index is -1.12. The average Bonchev–Trinajstić information content (AvgIpc) is 3.01. The smallest absolute Gasteiger partial charge is 0.274 e. The van der Waals surface area contributed by atoms with Gasteiger partial charge in [-0.3, -0.25) is 4.79 Å². The van der Waals surface area contributed by atoms with Crippen LogP contribution in [0.3, 0.4) is 0 Å². The third-order valence-electron chi connectivity index (χ3n) is 3.91. The number of likely N-dealkylation sites (tertiary alicyclic amines) is 1. The Balaban J connectivity index is 1.62. The Morgan fingerprint density at radius 2 is 2.08 bits per heavy atom. The third-order valence-corrected chi connectivity index (χ3v) is 3.91. The van der Waals surface area contributed by atoms with E-state index in [1.165, 1.54) is 17.3 Å². The van der Waals surface area contributed by atoms with Crippen molar-refractivity contribution < 1.29 is 19.0 Å². The van der Waals surface area contributed by atoms with E-state index in [-0.39, 0.29) is 25.3 Å². The van der Waals surface area contributed by atoms with E-state index in [4.69, 9.17) is 4.74 Å². The second-order valence-electron chi connectivity index (χ2n) is 5.64. The first-order valence-electron chi connectivity index (χ1n) is 7.72. The molecule has 24 heavy (non-hydrogen) atoms. The van der Waals surface area contributed by atoms with Crippen LogP contribution in [-0.4, -0.2) is 51.2 Å². The molecule has 1 N–H and O–H groups in total. The van der Waals surface area contributed by atoms with Crippen molar-refractivity contribution in [3.05, 3.63) is 54.0 Å². The molecule has 1 amide bonds. The molecule has 0 spiro atoms. The summed E-state index contributed by atoms with van der Waals surface area (Å²) < 4.78 is 19.0. The zero-order chi connectivity index (χ0) is 16.9. The molecule has 0 unspecified atom stereocenters. The number of benzene rings is 1. The number of hydrogen-bond donors (Lipinski definition) is 1. The summed E-state index contributed by atoms with van der Waals surface area (Å²) in [4.78, 5) is 21.8. The summed E-state index contributed by atoms with van der Waals surface area (Å²) >= 11 is 0. The lowest BCUT2D eigenvalue weighted by Gasteiger charge is -2.21. The summed E-state index contributed by atoms with van der Waals surface area (Å²) in [6.07, 6.45) is 1.71. The van der Waals surface area contributed by atoms with Crippen LogP contribution in [0.4, 0.5) is 4.39 Å². The number of amides is 1. The minimum absolute atomic E-state index is 0.0298. The molecule has 0 saturated carbocycles. The number of carbonyl (C=O) groups is 1. The van der Waals surface area contributed by atoms with Crippen LogP contribution in [0, 0.1) is 0 Å². The largest absolute Gasteiger partial charge is 0.472 e. The number of carbonyl (C=O) groups excluding carboxylic acids is 1. The van der Waals surface area contributed by atoms with Gasteiger partial charge in [-0.25, -0.2) is 14.4 Å². The lowest BCUT2D eigenvalue weighted by atomic mass is 10.2. The average molecular weight is 331 g/mol. The molecule has 6 nitrogen and oxygen atoms in total. The number of rotatable bonds is 5. The van der Waals surface area contributed by atoms with Crippen molar-refractivity contribution in [1.82, 2.24) is 14.9 Å². The quantitative estimate of drug-likeness (QED) is 0.901. The van der Waals surface area contributed by atoms with Crippen molar-refractivity contribution in [3.63, 3.8) is 0 Å². The van der Waals surface area contributed by atoms with Gasteiger partial charge in [-0.1, -0.05) is 30.3 Å². The van der Waals surface area contributed by atoms with Crippen LogP contribution in [0.15, 0.2) is 42.7 Å². The van der Waals surface area contributed by atoms with Crippen molar-refractivity contribution in [1.29, 1.82) is 0 Å². The maximum Gasteiger partial charge on any atom is 0.274 e. The summed E-state index contributed by atoms with van der Waals surface area (Å²) in [5, 5.41) is 9.26. The molecule has 3 rings (SSSR count). The predicted molar refractivity (Wildman–Crippen MR) is 84.2 cm³/mol. The molecule has 0 bridgehead atoms. The fourth-order valence-corrected chi connectivity index (χ4v) is 2.66. The number of hydrogen-bond acceptors (Lipinski definition) is 5. The van der Waals surface area contributed by atoms with Crippen molar-refractivity contribution in [2.24, 2.45) is 0 Å². The van der Waals surface area contributed by atoms with Crippen LogP contribution in [0.25, 0.3) is 0 Å². The summed E-state index contributed by atoms with van der Waals surface area (Å²) in [5.41, 5.74) is 1.10. The van der Waals surface area contributed by atoms with Gasteiger partial charge in [0.2, 0.25) is 5.88 Å². The predicted octanol–water partition coefficient (Wildman–Crippen LogP) is 1.60. The number of aromatic nitrogens is 2. The molecule has 126 valence electrons. The Hall–Kier alpha value is -2.54. The van der Waals surface area contributed by atoms with Gasteiger partial charge < -0.3 is 14.7 Å². The van der Waals surface area contributed by atoms with Gasteiger partial charge in [-0.05, 0) is 5.56 Å². The van der Waals surface area contributed by atoms with Crippen LogP contribution in [-0.2, 0) is 6.61 Å². The Morgan fingerprint density at radius 1 is 1.29 bits per heavy atom. The Labute approximate surface area is 138 Å². The molecule has 7 heteroatoms. The van der Waals surface area contributed by atoms with Gasteiger partial charge in [0, 0.05) is 6.42 Å². The first-order chi connectivity index (χ1) is 11.7. The highest BCUT2D eigenvalue weighted by molar-refractivity contribution is 5.92. The van der Waals surface area contributed by atoms with E-state index in [2.05, 4.69) is 9.97 Å². The highest BCUT2D eigenvalue weighted by atomic mass is 19.1. The van der Waals surface area contributed by atoms with Crippen molar-refractivity contribution >= 4 is 5.91 Å². The SMILES string of the molecule is O=C(c1cnc(OCc2ccccc2)cn1)N1C[C@@H](F)C[C@H]1CO. The second-order valence-corrected chi connectivity index (χ2v) is 5.64. The van der Waals surface area contributed by atoms with Crippen LogP contribution in [0.5, 0.6) is 5.88 Å². The summed E-state index contributed by atoms with van der Waals surface area (Å²) in [6.45, 7) is 0.0565. The number of aliphatic hydroxyl groups is 1. The van der Waals surface area contributed by atoms with E-state index < -0.39 is 18.1 Å². The summed E-state index contributed by atoms with van der Waals surface area (Å²) in [7, 11) is 0. The molecule has 1 aliphatic heterocycles. The first kappa shape index (κ1) is 16.3. The number of alkyl halides is 1. The first-order valence-corrected chi connectivity index (χ1v) is 7.72. The molecule has 1 aliphatic rings. The maximum absolute atomic E-state index is 13.5. The highest BCUT2D eigenvalue weighted by Gasteiger charge is 2.35. The van der Waals surface area contributed by atoms with E-state index in [1.807, 2.05) is 30.3 Å². The normalized spacial score (nSPS) is 20.2. The third kappa shape index (κ3) is 3.68. The maximum atomic E-state index is 13.5. The number of halogens is 1. The van der Waals surface area contributed by atoms with Crippen LogP contribution in [0.1, 0.15) is 22.5 Å². The molecule has 1 fully saturated rings. The molecule has 0 radical (unpaired) electrons. The Bertz CT molecular complexity index is 681. The molecular formula is C17H18FN3O3. The van der Waals surface area contributed by atoms with Gasteiger partial charge in [0.15, 0.2) is 0 Å². The van der Waals surface area contributed by atoms with Gasteiger partial charge in [-0.2, -0.15) is 0 Å². The molecule has 1 aromatic carbocycles. The van der Waals surface area contributed by atoms with Crippen molar-refractivity contribution in [2.45, 2.75) is 25.2 Å². The number of aliphatic hydroxyl groups excluding tert-OH is 1. The number of ether oxygens (including phenoxy) is 1. The Kier molecular flexibility index (Phi) is 5.00. The molecule has 2 atom stereocenters. The number of nitrogens with zero attached hydrogens (tertiary/aromatic N) is 3. The fourth-order valence-electron chi connectivity index (χ4n) is 2.66.